The molecular weight excluding hydrogens is 332 g/mol. The number of hydrogen-bond acceptors (Lipinski definition) is 4. The van der Waals surface area contributed by atoms with E-state index in [4.69, 9.17) is 9.16 Å². The van der Waals surface area contributed by atoms with Crippen molar-refractivity contribution in [3.63, 3.8) is 0 Å². The number of hydrogen-bond donors (Lipinski definition) is 0. The molecule has 0 bridgehead atoms. The number of ether oxygens (including phenoxy) is 1. The van der Waals surface area contributed by atoms with Gasteiger partial charge in [0.15, 0.2) is 8.32 Å². The third-order valence-corrected chi connectivity index (χ3v) is 9.81. The first-order valence-electron chi connectivity index (χ1n) is 9.53. The van der Waals surface area contributed by atoms with Crippen LogP contribution in [0.5, 0.6) is 0 Å². The molecule has 0 amide bonds. The molecule has 25 heavy (non-hydrogen) atoms. The minimum Gasteiger partial charge on any atom is -0.413 e. The summed E-state index contributed by atoms with van der Waals surface area (Å²) in [6.45, 7) is 19.8. The molecule has 2 atom stereocenters. The summed E-state index contributed by atoms with van der Waals surface area (Å²) in [6, 6.07) is 0. The lowest BCUT2D eigenvalue weighted by Crippen LogP contribution is -2.47. The van der Waals surface area contributed by atoms with E-state index >= 15 is 0 Å². The molecule has 0 aliphatic carbocycles. The van der Waals surface area contributed by atoms with E-state index in [-0.39, 0.29) is 29.3 Å². The standard InChI is InChI=1S/C20H40O4Si/c1-10-11-12-23-14-16(2)17(13-18(22)20(6,7)15-21)24-25(8,9)19(3,4)5/h15-17H,10-14H2,1-9H3/t16-,17?/m0/s1. The summed E-state index contributed by atoms with van der Waals surface area (Å²) in [6.07, 6.45) is 2.92. The summed E-state index contributed by atoms with van der Waals surface area (Å²) in [5.74, 6) is 0.0454. The molecule has 0 saturated carbocycles. The fourth-order valence-electron chi connectivity index (χ4n) is 2.05. The van der Waals surface area contributed by atoms with E-state index in [1.807, 2.05) is 0 Å². The van der Waals surface area contributed by atoms with Gasteiger partial charge < -0.3 is 14.0 Å². The second kappa shape index (κ2) is 9.98. The second-order valence-electron chi connectivity index (χ2n) is 9.29. The Bertz CT molecular complexity index is 424. The second-order valence-corrected chi connectivity index (χ2v) is 14.0. The minimum absolute atomic E-state index is 0.0633. The van der Waals surface area contributed by atoms with Crippen LogP contribution in [0.2, 0.25) is 18.1 Å². The summed E-state index contributed by atoms with van der Waals surface area (Å²) in [4.78, 5) is 23.8. The van der Waals surface area contributed by atoms with Crippen molar-refractivity contribution in [3.8, 4) is 0 Å². The van der Waals surface area contributed by atoms with Crippen LogP contribution in [0.1, 0.15) is 67.7 Å². The number of carbonyl (C=O) groups excluding carboxylic acids is 2. The van der Waals surface area contributed by atoms with E-state index in [0.717, 1.165) is 25.7 Å². The molecule has 148 valence electrons. The maximum absolute atomic E-state index is 12.6. The van der Waals surface area contributed by atoms with Crippen LogP contribution in [0, 0.1) is 11.3 Å². The lowest BCUT2D eigenvalue weighted by Gasteiger charge is -2.41. The zero-order valence-electron chi connectivity index (χ0n) is 17.9. The van der Waals surface area contributed by atoms with Gasteiger partial charge in [-0.25, -0.2) is 0 Å². The Kier molecular flexibility index (Phi) is 9.77. The van der Waals surface area contributed by atoms with Gasteiger partial charge in [0.1, 0.15) is 12.1 Å². The molecule has 0 spiro atoms. The summed E-state index contributed by atoms with van der Waals surface area (Å²) in [5.41, 5.74) is -0.960. The zero-order chi connectivity index (χ0) is 19.9. The van der Waals surface area contributed by atoms with Crippen LogP contribution in [0.15, 0.2) is 0 Å². The number of carbonyl (C=O) groups is 2. The molecular formula is C20H40O4Si. The quantitative estimate of drug-likeness (QED) is 0.209. The Labute approximate surface area is 156 Å². The average molecular weight is 373 g/mol. The van der Waals surface area contributed by atoms with Crippen molar-refractivity contribution >= 4 is 20.4 Å². The van der Waals surface area contributed by atoms with Crippen LogP contribution in [-0.4, -0.2) is 39.7 Å². The highest BCUT2D eigenvalue weighted by Crippen LogP contribution is 2.39. The average Bonchev–Trinajstić information content (AvgIpc) is 2.49. The Morgan fingerprint density at radius 3 is 2.16 bits per heavy atom. The van der Waals surface area contributed by atoms with Gasteiger partial charge in [0, 0.05) is 18.9 Å². The van der Waals surface area contributed by atoms with E-state index in [0.29, 0.717) is 6.61 Å². The van der Waals surface area contributed by atoms with Crippen LogP contribution in [0.3, 0.4) is 0 Å². The lowest BCUT2D eigenvalue weighted by molar-refractivity contribution is -0.134. The van der Waals surface area contributed by atoms with Crippen molar-refractivity contribution < 1.29 is 18.8 Å². The van der Waals surface area contributed by atoms with E-state index in [1.165, 1.54) is 0 Å². The van der Waals surface area contributed by atoms with Crippen LogP contribution >= 0.6 is 0 Å². The van der Waals surface area contributed by atoms with Crippen molar-refractivity contribution in [1.29, 1.82) is 0 Å². The fraction of sp³-hybridized carbons (Fsp3) is 0.900. The third-order valence-electron chi connectivity index (χ3n) is 5.31. The summed E-state index contributed by atoms with van der Waals surface area (Å²) < 4.78 is 12.3. The lowest BCUT2D eigenvalue weighted by atomic mass is 9.85. The van der Waals surface area contributed by atoms with Crippen LogP contribution in [0.25, 0.3) is 0 Å². The van der Waals surface area contributed by atoms with Crippen molar-refractivity contribution in [1.82, 2.24) is 0 Å². The predicted octanol–water partition coefficient (Wildman–Crippen LogP) is 5.01. The first-order chi connectivity index (χ1) is 11.3. The van der Waals surface area contributed by atoms with Gasteiger partial charge in [-0.05, 0) is 38.4 Å². The smallest absolute Gasteiger partial charge is 0.192 e. The summed E-state index contributed by atoms with van der Waals surface area (Å²) in [5, 5.41) is 0.0667. The first kappa shape index (κ1) is 24.5. The monoisotopic (exact) mass is 372 g/mol. The van der Waals surface area contributed by atoms with Crippen molar-refractivity contribution in [2.24, 2.45) is 11.3 Å². The molecule has 0 aromatic rings. The van der Waals surface area contributed by atoms with Crippen LogP contribution in [0.4, 0.5) is 0 Å². The van der Waals surface area contributed by atoms with E-state index < -0.39 is 13.7 Å². The molecule has 0 aliphatic rings. The normalized spacial score (nSPS) is 15.7. The fourth-order valence-corrected chi connectivity index (χ4v) is 3.47. The van der Waals surface area contributed by atoms with Gasteiger partial charge in [-0.3, -0.25) is 4.79 Å². The molecule has 0 aromatic heterocycles. The number of unbranched alkanes of at least 4 members (excludes halogenated alkanes) is 1. The topological polar surface area (TPSA) is 52.6 Å². The summed E-state index contributed by atoms with van der Waals surface area (Å²) >= 11 is 0. The summed E-state index contributed by atoms with van der Waals surface area (Å²) in [7, 11) is -2.02. The largest absolute Gasteiger partial charge is 0.413 e. The van der Waals surface area contributed by atoms with Crippen molar-refractivity contribution in [2.75, 3.05) is 13.2 Å². The molecule has 5 heteroatoms. The molecule has 0 aromatic carbocycles. The van der Waals surface area contributed by atoms with E-state index in [1.54, 1.807) is 13.8 Å². The Hall–Kier alpha value is -0.523. The van der Waals surface area contributed by atoms with Crippen molar-refractivity contribution in [2.45, 2.75) is 92.0 Å². The first-order valence-corrected chi connectivity index (χ1v) is 12.4. The zero-order valence-corrected chi connectivity index (χ0v) is 18.9. The minimum atomic E-state index is -2.02. The van der Waals surface area contributed by atoms with Crippen LogP contribution in [-0.2, 0) is 18.8 Å². The van der Waals surface area contributed by atoms with Crippen molar-refractivity contribution in [3.05, 3.63) is 0 Å². The Morgan fingerprint density at radius 2 is 1.72 bits per heavy atom. The van der Waals surface area contributed by atoms with Gasteiger partial charge in [0.2, 0.25) is 0 Å². The van der Waals surface area contributed by atoms with E-state index in [9.17, 15) is 9.59 Å². The SMILES string of the molecule is CCCCOC[C@H](C)C(CC(=O)C(C)(C)C=O)O[Si](C)(C)C(C)(C)C. The highest BCUT2D eigenvalue weighted by Gasteiger charge is 2.41. The Balaban J connectivity index is 5.17. The molecule has 0 rings (SSSR count). The van der Waals surface area contributed by atoms with Gasteiger partial charge in [0.05, 0.1) is 18.1 Å². The molecule has 0 radical (unpaired) electrons. The number of ketones is 1. The highest BCUT2D eigenvalue weighted by atomic mass is 28.4. The third kappa shape index (κ3) is 8.14. The van der Waals surface area contributed by atoms with Gasteiger partial charge in [0.25, 0.3) is 0 Å². The maximum Gasteiger partial charge on any atom is 0.192 e. The van der Waals surface area contributed by atoms with Gasteiger partial charge in [-0.2, -0.15) is 0 Å². The van der Waals surface area contributed by atoms with E-state index in [2.05, 4.69) is 47.7 Å². The molecule has 0 N–H and O–H groups in total. The predicted molar refractivity (Wildman–Crippen MR) is 106 cm³/mol. The van der Waals surface area contributed by atoms with Gasteiger partial charge in [-0.1, -0.05) is 41.0 Å². The molecule has 1 unspecified atom stereocenters. The molecule has 0 aliphatic heterocycles. The molecule has 0 heterocycles. The van der Waals surface area contributed by atoms with Gasteiger partial charge >= 0.3 is 0 Å². The maximum atomic E-state index is 12.6. The molecule has 0 fully saturated rings. The number of rotatable bonds is 12. The van der Waals surface area contributed by atoms with Gasteiger partial charge in [-0.15, -0.1) is 0 Å². The molecule has 4 nitrogen and oxygen atoms in total. The van der Waals surface area contributed by atoms with Crippen LogP contribution < -0.4 is 0 Å². The Morgan fingerprint density at radius 1 is 1.16 bits per heavy atom. The number of Topliss-reactive ketones (excluding diaryl/α,β-unsaturated/α-hetero) is 1. The number of aldehydes is 1. The molecule has 0 saturated heterocycles. The highest BCUT2D eigenvalue weighted by molar-refractivity contribution is 6.74.